The smallest absolute Gasteiger partial charge is 0.451 e. The lowest BCUT2D eigenvalue weighted by molar-refractivity contribution is -0.145. The summed E-state index contributed by atoms with van der Waals surface area (Å²) < 4.78 is 44.0. The van der Waals surface area contributed by atoms with Crippen LogP contribution >= 0.6 is 0 Å². The van der Waals surface area contributed by atoms with E-state index in [0.29, 0.717) is 25.7 Å². The third-order valence-corrected chi connectivity index (χ3v) is 3.29. The van der Waals surface area contributed by atoms with E-state index in [1.165, 1.54) is 13.0 Å². The van der Waals surface area contributed by atoms with E-state index in [-0.39, 0.29) is 29.9 Å². The standard InChI is InChI=1S/C14H17F3N2O3/c1-8(20)6-9-7-12(19-13(18-9)14(15,16)17)22-11-4-2-10(21)3-5-11/h7-8,11,20H,2-6H2,1H3. The third-order valence-electron chi connectivity index (χ3n) is 3.29. The minimum absolute atomic E-state index is 0.0227. The Morgan fingerprint density at radius 3 is 2.55 bits per heavy atom. The van der Waals surface area contributed by atoms with Crippen LogP contribution in [0.3, 0.4) is 0 Å². The Morgan fingerprint density at radius 1 is 1.36 bits per heavy atom. The van der Waals surface area contributed by atoms with Crippen LogP contribution in [0.5, 0.6) is 5.88 Å². The summed E-state index contributed by atoms with van der Waals surface area (Å²) >= 11 is 0. The van der Waals surface area contributed by atoms with E-state index >= 15 is 0 Å². The molecule has 1 fully saturated rings. The number of hydrogen-bond acceptors (Lipinski definition) is 5. The maximum Gasteiger partial charge on any atom is 0.451 e. The van der Waals surface area contributed by atoms with Gasteiger partial charge in [0, 0.05) is 25.3 Å². The van der Waals surface area contributed by atoms with Crippen molar-refractivity contribution in [3.05, 3.63) is 17.6 Å². The van der Waals surface area contributed by atoms with Crippen LogP contribution in [0.1, 0.15) is 44.1 Å². The molecule has 0 aliphatic heterocycles. The lowest BCUT2D eigenvalue weighted by Gasteiger charge is -2.22. The second kappa shape index (κ2) is 6.60. The van der Waals surface area contributed by atoms with E-state index in [9.17, 15) is 23.1 Å². The number of aromatic nitrogens is 2. The Kier molecular flexibility index (Phi) is 5.00. The lowest BCUT2D eigenvalue weighted by atomic mass is 9.96. The number of rotatable bonds is 4. The SMILES string of the molecule is CC(O)Cc1cc(OC2CCC(=O)CC2)nc(C(F)(F)F)n1. The first-order valence-corrected chi connectivity index (χ1v) is 7.05. The molecule has 122 valence electrons. The van der Waals surface area contributed by atoms with Gasteiger partial charge < -0.3 is 9.84 Å². The van der Waals surface area contributed by atoms with E-state index in [0.717, 1.165) is 0 Å². The molecule has 0 radical (unpaired) electrons. The van der Waals surface area contributed by atoms with Crippen LogP contribution in [0.25, 0.3) is 0 Å². The van der Waals surface area contributed by atoms with Crippen LogP contribution in [0.2, 0.25) is 0 Å². The lowest BCUT2D eigenvalue weighted by Crippen LogP contribution is -2.25. The van der Waals surface area contributed by atoms with Gasteiger partial charge in [-0.15, -0.1) is 0 Å². The fourth-order valence-corrected chi connectivity index (χ4v) is 2.27. The number of halogens is 3. The molecule has 1 atom stereocenters. The first-order valence-electron chi connectivity index (χ1n) is 7.05. The number of aliphatic hydroxyl groups is 1. The van der Waals surface area contributed by atoms with Gasteiger partial charge in [-0.05, 0) is 19.8 Å². The topological polar surface area (TPSA) is 72.3 Å². The summed E-state index contributed by atoms with van der Waals surface area (Å²) in [6.45, 7) is 1.46. The molecule has 5 nitrogen and oxygen atoms in total. The van der Waals surface area contributed by atoms with Crippen molar-refractivity contribution in [2.24, 2.45) is 0 Å². The monoisotopic (exact) mass is 318 g/mol. The molecule has 2 rings (SSSR count). The van der Waals surface area contributed by atoms with Gasteiger partial charge in [-0.2, -0.15) is 18.2 Å². The van der Waals surface area contributed by atoms with Gasteiger partial charge in [0.15, 0.2) is 0 Å². The molecule has 0 spiro atoms. The highest BCUT2D eigenvalue weighted by molar-refractivity contribution is 5.79. The summed E-state index contributed by atoms with van der Waals surface area (Å²) in [6, 6.07) is 1.30. The molecule has 1 heterocycles. The van der Waals surface area contributed by atoms with Crippen molar-refractivity contribution in [2.75, 3.05) is 0 Å². The summed E-state index contributed by atoms with van der Waals surface area (Å²) in [5.41, 5.74) is 0.0687. The van der Waals surface area contributed by atoms with Gasteiger partial charge >= 0.3 is 6.18 Å². The molecular formula is C14H17F3N2O3. The Labute approximate surface area is 125 Å². The van der Waals surface area contributed by atoms with Gasteiger partial charge in [0.1, 0.15) is 11.9 Å². The number of nitrogens with zero attached hydrogens (tertiary/aromatic N) is 2. The second-order valence-electron chi connectivity index (χ2n) is 5.43. The molecule has 0 aromatic carbocycles. The van der Waals surface area contributed by atoms with Crippen LogP contribution in [-0.4, -0.2) is 33.1 Å². The van der Waals surface area contributed by atoms with Gasteiger partial charge in [0.25, 0.3) is 0 Å². The van der Waals surface area contributed by atoms with Gasteiger partial charge in [0.05, 0.1) is 11.8 Å². The summed E-state index contributed by atoms with van der Waals surface area (Å²) in [5, 5.41) is 9.32. The zero-order valence-corrected chi connectivity index (χ0v) is 12.1. The molecule has 1 N–H and O–H groups in total. The molecule has 1 aliphatic rings. The molecule has 1 aromatic heterocycles. The zero-order chi connectivity index (χ0) is 16.3. The van der Waals surface area contributed by atoms with Crippen LogP contribution in [0, 0.1) is 0 Å². The molecule has 0 bridgehead atoms. The predicted octanol–water partition coefficient (Wildman–Crippen LogP) is 2.31. The van der Waals surface area contributed by atoms with Gasteiger partial charge in [0.2, 0.25) is 11.7 Å². The minimum atomic E-state index is -4.69. The summed E-state index contributed by atoms with van der Waals surface area (Å²) in [4.78, 5) is 18.0. The number of hydrogen-bond donors (Lipinski definition) is 1. The number of ether oxygens (including phenoxy) is 1. The van der Waals surface area contributed by atoms with Gasteiger partial charge in [-0.3, -0.25) is 4.79 Å². The molecule has 8 heteroatoms. The van der Waals surface area contributed by atoms with E-state index in [1.807, 2.05) is 0 Å². The number of ketones is 1. The quantitative estimate of drug-likeness (QED) is 0.922. The van der Waals surface area contributed by atoms with Crippen molar-refractivity contribution in [3.63, 3.8) is 0 Å². The molecule has 1 aromatic rings. The largest absolute Gasteiger partial charge is 0.474 e. The number of carbonyl (C=O) groups is 1. The highest BCUT2D eigenvalue weighted by Gasteiger charge is 2.36. The van der Waals surface area contributed by atoms with Crippen molar-refractivity contribution in [1.82, 2.24) is 9.97 Å². The van der Waals surface area contributed by atoms with Crippen LogP contribution in [0.4, 0.5) is 13.2 Å². The molecular weight excluding hydrogens is 301 g/mol. The fourth-order valence-electron chi connectivity index (χ4n) is 2.27. The Morgan fingerprint density at radius 2 is 2.00 bits per heavy atom. The van der Waals surface area contributed by atoms with E-state index in [4.69, 9.17) is 4.74 Å². The van der Waals surface area contributed by atoms with Crippen LogP contribution < -0.4 is 4.74 Å². The van der Waals surface area contributed by atoms with E-state index < -0.39 is 18.1 Å². The zero-order valence-electron chi connectivity index (χ0n) is 12.1. The fraction of sp³-hybridized carbons (Fsp3) is 0.643. The molecule has 1 saturated carbocycles. The van der Waals surface area contributed by atoms with Crippen molar-refractivity contribution in [1.29, 1.82) is 0 Å². The predicted molar refractivity (Wildman–Crippen MR) is 70.3 cm³/mol. The molecule has 0 saturated heterocycles. The maximum atomic E-state index is 12.8. The molecule has 22 heavy (non-hydrogen) atoms. The van der Waals surface area contributed by atoms with Crippen LogP contribution in [-0.2, 0) is 17.4 Å². The van der Waals surface area contributed by atoms with Crippen molar-refractivity contribution in [2.45, 2.75) is 57.4 Å². The second-order valence-corrected chi connectivity index (χ2v) is 5.43. The van der Waals surface area contributed by atoms with E-state index in [2.05, 4.69) is 9.97 Å². The maximum absolute atomic E-state index is 12.8. The number of alkyl halides is 3. The summed E-state index contributed by atoms with van der Waals surface area (Å²) in [5.74, 6) is -1.32. The van der Waals surface area contributed by atoms with Crippen LogP contribution in [0.15, 0.2) is 6.07 Å². The van der Waals surface area contributed by atoms with Gasteiger partial charge in [-0.25, -0.2) is 4.98 Å². The van der Waals surface area contributed by atoms with Crippen molar-refractivity contribution < 1.29 is 27.8 Å². The third kappa shape index (κ3) is 4.66. The highest BCUT2D eigenvalue weighted by Crippen LogP contribution is 2.29. The summed E-state index contributed by atoms with van der Waals surface area (Å²) in [7, 11) is 0. The van der Waals surface area contributed by atoms with E-state index in [1.54, 1.807) is 0 Å². The highest BCUT2D eigenvalue weighted by atomic mass is 19.4. The summed E-state index contributed by atoms with van der Waals surface area (Å²) in [6.07, 6.45) is -4.19. The number of aliphatic hydroxyl groups excluding tert-OH is 1. The first-order chi connectivity index (χ1) is 10.2. The normalized spacial score (nSPS) is 18.3. The molecule has 1 unspecified atom stereocenters. The Hall–Kier alpha value is -1.70. The number of carbonyl (C=O) groups excluding carboxylic acids is 1. The first kappa shape index (κ1) is 16.7. The van der Waals surface area contributed by atoms with Gasteiger partial charge in [-0.1, -0.05) is 0 Å². The van der Waals surface area contributed by atoms with Crippen molar-refractivity contribution >= 4 is 5.78 Å². The number of Topliss-reactive ketones (excluding diaryl/α,β-unsaturated/α-hetero) is 1. The average Bonchev–Trinajstić information content (AvgIpc) is 2.39. The Balaban J connectivity index is 2.19. The molecule has 1 aliphatic carbocycles. The molecule has 0 amide bonds. The Bertz CT molecular complexity index is 537. The average molecular weight is 318 g/mol. The van der Waals surface area contributed by atoms with Crippen molar-refractivity contribution in [3.8, 4) is 5.88 Å². The minimum Gasteiger partial charge on any atom is -0.474 e.